The summed E-state index contributed by atoms with van der Waals surface area (Å²) >= 11 is 0. The average molecular weight is 228 g/mol. The first-order valence-corrected chi connectivity index (χ1v) is 6.16. The first-order chi connectivity index (χ1) is 7.58. The van der Waals surface area contributed by atoms with Gasteiger partial charge in [0.2, 0.25) is 0 Å². The standard InChI is InChI=1S/C12H24N2O2/c1-5-16-12(15)11(13-4)8-14-7-9(2)6-10(14)3/h9-11,13H,5-8H2,1-4H3. The Balaban J connectivity index is 2.46. The summed E-state index contributed by atoms with van der Waals surface area (Å²) in [5, 5.41) is 3.03. The van der Waals surface area contributed by atoms with E-state index in [-0.39, 0.29) is 12.0 Å². The van der Waals surface area contributed by atoms with Crippen molar-refractivity contribution in [3.05, 3.63) is 0 Å². The molecule has 0 aromatic heterocycles. The van der Waals surface area contributed by atoms with Crippen molar-refractivity contribution >= 4 is 5.97 Å². The first-order valence-electron chi connectivity index (χ1n) is 6.16. The van der Waals surface area contributed by atoms with E-state index >= 15 is 0 Å². The lowest BCUT2D eigenvalue weighted by Crippen LogP contribution is -2.46. The number of ether oxygens (including phenoxy) is 1. The summed E-state index contributed by atoms with van der Waals surface area (Å²) in [5.74, 6) is 0.589. The van der Waals surface area contributed by atoms with E-state index in [4.69, 9.17) is 4.74 Å². The Morgan fingerprint density at radius 2 is 2.25 bits per heavy atom. The number of rotatable bonds is 5. The molecule has 0 spiro atoms. The van der Waals surface area contributed by atoms with E-state index in [1.807, 2.05) is 14.0 Å². The lowest BCUT2D eigenvalue weighted by Gasteiger charge is -2.25. The smallest absolute Gasteiger partial charge is 0.324 e. The molecule has 1 heterocycles. The summed E-state index contributed by atoms with van der Waals surface area (Å²) < 4.78 is 5.04. The van der Waals surface area contributed by atoms with E-state index in [0.717, 1.165) is 19.0 Å². The molecule has 0 radical (unpaired) electrons. The van der Waals surface area contributed by atoms with Crippen LogP contribution in [0.15, 0.2) is 0 Å². The second-order valence-corrected chi connectivity index (χ2v) is 4.74. The van der Waals surface area contributed by atoms with E-state index in [1.54, 1.807) is 0 Å². The van der Waals surface area contributed by atoms with E-state index < -0.39 is 0 Å². The molecule has 0 bridgehead atoms. The van der Waals surface area contributed by atoms with E-state index in [2.05, 4.69) is 24.1 Å². The lowest BCUT2D eigenvalue weighted by atomic mass is 10.1. The minimum Gasteiger partial charge on any atom is -0.465 e. The number of likely N-dealkylation sites (N-methyl/N-ethyl adjacent to an activating group) is 1. The second-order valence-electron chi connectivity index (χ2n) is 4.74. The van der Waals surface area contributed by atoms with Gasteiger partial charge in [-0.1, -0.05) is 6.92 Å². The SMILES string of the molecule is CCOC(=O)C(CN1CC(C)CC1C)NC. The molecule has 1 N–H and O–H groups in total. The molecule has 3 atom stereocenters. The molecule has 1 aliphatic heterocycles. The lowest BCUT2D eigenvalue weighted by molar-refractivity contribution is -0.146. The molecule has 4 nitrogen and oxygen atoms in total. The third kappa shape index (κ3) is 3.46. The van der Waals surface area contributed by atoms with Crippen LogP contribution in [0, 0.1) is 5.92 Å². The number of carbonyl (C=O) groups excluding carboxylic acids is 1. The zero-order valence-corrected chi connectivity index (χ0v) is 10.8. The summed E-state index contributed by atoms with van der Waals surface area (Å²) in [6.07, 6.45) is 1.22. The van der Waals surface area contributed by atoms with Crippen molar-refractivity contribution in [3.63, 3.8) is 0 Å². The second kappa shape index (κ2) is 6.21. The van der Waals surface area contributed by atoms with Gasteiger partial charge in [-0.2, -0.15) is 0 Å². The number of nitrogens with one attached hydrogen (secondary N) is 1. The molecule has 1 rings (SSSR count). The first kappa shape index (κ1) is 13.5. The summed E-state index contributed by atoms with van der Waals surface area (Å²) in [5.41, 5.74) is 0. The molecule has 1 aliphatic rings. The van der Waals surface area contributed by atoms with Gasteiger partial charge >= 0.3 is 5.97 Å². The number of likely N-dealkylation sites (tertiary alicyclic amines) is 1. The normalized spacial score (nSPS) is 28.0. The van der Waals surface area contributed by atoms with Crippen LogP contribution in [0.4, 0.5) is 0 Å². The van der Waals surface area contributed by atoms with Gasteiger partial charge in [0.1, 0.15) is 6.04 Å². The summed E-state index contributed by atoms with van der Waals surface area (Å²) in [7, 11) is 1.81. The van der Waals surface area contributed by atoms with Crippen molar-refractivity contribution in [3.8, 4) is 0 Å². The molecule has 0 saturated carbocycles. The van der Waals surface area contributed by atoms with Crippen LogP contribution < -0.4 is 5.32 Å². The van der Waals surface area contributed by atoms with Crippen molar-refractivity contribution in [2.45, 2.75) is 39.3 Å². The van der Waals surface area contributed by atoms with E-state index in [0.29, 0.717) is 12.6 Å². The monoisotopic (exact) mass is 228 g/mol. The Hall–Kier alpha value is -0.610. The molecule has 0 amide bonds. The van der Waals surface area contributed by atoms with Gasteiger partial charge in [0, 0.05) is 19.1 Å². The molecule has 0 aromatic rings. The fourth-order valence-corrected chi connectivity index (χ4v) is 2.40. The summed E-state index contributed by atoms with van der Waals surface area (Å²) in [4.78, 5) is 14.0. The maximum absolute atomic E-state index is 11.6. The zero-order chi connectivity index (χ0) is 12.1. The van der Waals surface area contributed by atoms with Crippen LogP contribution in [-0.4, -0.2) is 49.7 Å². The van der Waals surface area contributed by atoms with E-state index in [9.17, 15) is 4.79 Å². The molecule has 94 valence electrons. The van der Waals surface area contributed by atoms with Gasteiger partial charge in [0.15, 0.2) is 0 Å². The molecule has 0 aliphatic carbocycles. The van der Waals surface area contributed by atoms with Crippen molar-refractivity contribution in [1.29, 1.82) is 0 Å². The quantitative estimate of drug-likeness (QED) is 0.709. The Morgan fingerprint density at radius 1 is 1.56 bits per heavy atom. The Kier molecular flexibility index (Phi) is 5.22. The van der Waals surface area contributed by atoms with Crippen LogP contribution in [0.3, 0.4) is 0 Å². The molecule has 0 aromatic carbocycles. The fraction of sp³-hybridized carbons (Fsp3) is 0.917. The molecular formula is C12H24N2O2. The largest absolute Gasteiger partial charge is 0.465 e. The topological polar surface area (TPSA) is 41.6 Å². The van der Waals surface area contributed by atoms with Crippen LogP contribution in [0.2, 0.25) is 0 Å². The fourth-order valence-electron chi connectivity index (χ4n) is 2.40. The van der Waals surface area contributed by atoms with Gasteiger partial charge in [0.05, 0.1) is 6.61 Å². The number of hydrogen-bond donors (Lipinski definition) is 1. The summed E-state index contributed by atoms with van der Waals surface area (Å²) in [6, 6.07) is 0.368. The van der Waals surface area contributed by atoms with Gasteiger partial charge in [-0.15, -0.1) is 0 Å². The molecular weight excluding hydrogens is 204 g/mol. The zero-order valence-electron chi connectivity index (χ0n) is 10.8. The number of nitrogens with zero attached hydrogens (tertiary/aromatic N) is 1. The Morgan fingerprint density at radius 3 is 2.69 bits per heavy atom. The molecule has 16 heavy (non-hydrogen) atoms. The van der Waals surface area contributed by atoms with Crippen molar-refractivity contribution < 1.29 is 9.53 Å². The number of carbonyl (C=O) groups is 1. The minimum atomic E-state index is -0.201. The molecule has 3 unspecified atom stereocenters. The van der Waals surface area contributed by atoms with Crippen LogP contribution in [-0.2, 0) is 9.53 Å². The highest BCUT2D eigenvalue weighted by Gasteiger charge is 2.30. The predicted octanol–water partition coefficient (Wildman–Crippen LogP) is 0.868. The van der Waals surface area contributed by atoms with Gasteiger partial charge < -0.3 is 10.1 Å². The predicted molar refractivity (Wildman–Crippen MR) is 64.3 cm³/mol. The van der Waals surface area contributed by atoms with Crippen LogP contribution >= 0.6 is 0 Å². The average Bonchev–Trinajstić information content (AvgIpc) is 2.54. The number of hydrogen-bond acceptors (Lipinski definition) is 4. The highest BCUT2D eigenvalue weighted by Crippen LogP contribution is 2.22. The third-order valence-electron chi connectivity index (χ3n) is 3.25. The van der Waals surface area contributed by atoms with Gasteiger partial charge in [-0.25, -0.2) is 0 Å². The third-order valence-corrected chi connectivity index (χ3v) is 3.25. The van der Waals surface area contributed by atoms with Gasteiger partial charge in [-0.05, 0) is 33.2 Å². The minimum absolute atomic E-state index is 0.142. The van der Waals surface area contributed by atoms with Crippen molar-refractivity contribution in [1.82, 2.24) is 10.2 Å². The molecule has 4 heteroatoms. The Bertz CT molecular complexity index is 233. The van der Waals surface area contributed by atoms with Crippen molar-refractivity contribution in [2.75, 3.05) is 26.7 Å². The maximum atomic E-state index is 11.6. The van der Waals surface area contributed by atoms with Gasteiger partial charge in [0.25, 0.3) is 0 Å². The maximum Gasteiger partial charge on any atom is 0.324 e. The molecule has 1 saturated heterocycles. The highest BCUT2D eigenvalue weighted by molar-refractivity contribution is 5.76. The summed E-state index contributed by atoms with van der Waals surface area (Å²) in [6.45, 7) is 8.60. The van der Waals surface area contributed by atoms with Crippen molar-refractivity contribution in [2.24, 2.45) is 5.92 Å². The number of esters is 1. The van der Waals surface area contributed by atoms with E-state index in [1.165, 1.54) is 6.42 Å². The highest BCUT2D eigenvalue weighted by atomic mass is 16.5. The van der Waals surface area contributed by atoms with Crippen LogP contribution in [0.25, 0.3) is 0 Å². The van der Waals surface area contributed by atoms with Crippen LogP contribution in [0.1, 0.15) is 27.2 Å². The van der Waals surface area contributed by atoms with Crippen LogP contribution in [0.5, 0.6) is 0 Å². The Labute approximate surface area is 98.3 Å². The van der Waals surface area contributed by atoms with Gasteiger partial charge in [-0.3, -0.25) is 9.69 Å². The molecule has 1 fully saturated rings.